The normalized spacial score (nSPS) is 10.7. The molecule has 6 aromatic heterocycles. The van der Waals surface area contributed by atoms with Crippen LogP contribution in [0.25, 0.3) is 10.4 Å². The van der Waals surface area contributed by atoms with Gasteiger partial charge in [-0.15, -0.1) is 0 Å². The third kappa shape index (κ3) is 17.2. The number of halogens is 1. The molecule has 0 atom stereocenters. The molecule has 0 bridgehead atoms. The van der Waals surface area contributed by atoms with Gasteiger partial charge in [0.05, 0.1) is 40.7 Å². The summed E-state index contributed by atoms with van der Waals surface area (Å²) in [5.41, 5.74) is 16.4. The number of benzene rings is 3. The summed E-state index contributed by atoms with van der Waals surface area (Å²) in [7, 11) is -0.446. The second-order valence-corrected chi connectivity index (χ2v) is 18.4. The lowest BCUT2D eigenvalue weighted by atomic mass is 10.2. The minimum absolute atomic E-state index is 0.315. The summed E-state index contributed by atoms with van der Waals surface area (Å²) in [5, 5.41) is 7.75. The molecule has 1 N–H and O–H groups in total. The predicted octanol–water partition coefficient (Wildman–Crippen LogP) is 10.6. The van der Waals surface area contributed by atoms with E-state index in [2.05, 4.69) is 146 Å². The molecule has 9 rings (SSSR count). The number of nitrogens with one attached hydrogen (secondary N) is 1. The lowest BCUT2D eigenvalue weighted by Gasteiger charge is -2.21. The van der Waals surface area contributed by atoms with Crippen molar-refractivity contribution in [2.24, 2.45) is 5.11 Å². The van der Waals surface area contributed by atoms with E-state index in [0.717, 1.165) is 64.9 Å². The number of hydrogen-bond donors (Lipinski definition) is 1. The van der Waals surface area contributed by atoms with Crippen molar-refractivity contribution in [3.63, 3.8) is 0 Å². The molecular formula is C56H54ClN12P. The van der Waals surface area contributed by atoms with E-state index in [1.807, 2.05) is 116 Å². The van der Waals surface area contributed by atoms with Crippen molar-refractivity contribution in [2.45, 2.75) is 52.4 Å². The SMILES string of the molecule is ClNCc1ccc(CN(Cc2ccccn2)Cc2ccccn2)nc1.[N-]=[N+]=NCc1ccc(CN(Cc2ccccn2)Cc2ccccn2)nc1.c1ccc(P(c2ccccc2)c2ccccc2)cc1. The van der Waals surface area contributed by atoms with Crippen LogP contribution in [0, 0.1) is 0 Å². The Morgan fingerprint density at radius 1 is 0.414 bits per heavy atom. The highest BCUT2D eigenvalue weighted by Crippen LogP contribution is 2.32. The molecule has 0 aliphatic carbocycles. The molecule has 3 aromatic carbocycles. The molecule has 0 aliphatic rings. The summed E-state index contributed by atoms with van der Waals surface area (Å²) >= 11 is 5.54. The van der Waals surface area contributed by atoms with Crippen LogP contribution in [0.4, 0.5) is 0 Å². The Bertz CT molecular complexity index is 2680. The fourth-order valence-electron chi connectivity index (χ4n) is 7.34. The van der Waals surface area contributed by atoms with Crippen molar-refractivity contribution in [3.8, 4) is 0 Å². The van der Waals surface area contributed by atoms with Gasteiger partial charge in [-0.3, -0.25) is 39.7 Å². The van der Waals surface area contributed by atoms with Gasteiger partial charge >= 0.3 is 0 Å². The van der Waals surface area contributed by atoms with Crippen LogP contribution >= 0.6 is 19.7 Å². The van der Waals surface area contributed by atoms with Gasteiger partial charge in [0.25, 0.3) is 0 Å². The maximum Gasteiger partial charge on any atom is 0.0544 e. The quantitative estimate of drug-likeness (QED) is 0.0275. The molecule has 0 amide bonds. The van der Waals surface area contributed by atoms with Crippen molar-refractivity contribution >= 4 is 35.6 Å². The van der Waals surface area contributed by atoms with E-state index in [4.69, 9.17) is 17.3 Å². The number of nitrogens with zero attached hydrogens (tertiary/aromatic N) is 11. The molecule has 9 aromatic rings. The first kappa shape index (κ1) is 50.3. The topological polar surface area (TPSA) is 145 Å². The second-order valence-electron chi connectivity index (χ2n) is 15.9. The van der Waals surface area contributed by atoms with Crippen LogP contribution < -0.4 is 20.7 Å². The maximum absolute atomic E-state index is 8.40. The van der Waals surface area contributed by atoms with Gasteiger partial charge < -0.3 is 0 Å². The molecular weight excluding hydrogens is 907 g/mol. The van der Waals surface area contributed by atoms with Crippen LogP contribution in [0.5, 0.6) is 0 Å². The van der Waals surface area contributed by atoms with Crippen LogP contribution in [-0.4, -0.2) is 39.7 Å². The van der Waals surface area contributed by atoms with Crippen molar-refractivity contribution in [1.82, 2.24) is 44.5 Å². The lowest BCUT2D eigenvalue weighted by molar-refractivity contribution is 0.238. The highest BCUT2D eigenvalue weighted by Gasteiger charge is 2.16. The Labute approximate surface area is 416 Å². The number of hydrogen-bond acceptors (Lipinski definition) is 10. The van der Waals surface area contributed by atoms with Gasteiger partial charge in [-0.2, -0.15) is 0 Å². The van der Waals surface area contributed by atoms with E-state index < -0.39 is 7.92 Å². The van der Waals surface area contributed by atoms with Gasteiger partial charge in [0.1, 0.15) is 0 Å². The fourth-order valence-corrected chi connectivity index (χ4v) is 9.80. The minimum Gasteiger partial charge on any atom is -0.286 e. The zero-order chi connectivity index (χ0) is 48.3. The molecule has 0 fully saturated rings. The van der Waals surface area contributed by atoms with Crippen molar-refractivity contribution in [2.75, 3.05) is 0 Å². The molecule has 0 aliphatic heterocycles. The largest absolute Gasteiger partial charge is 0.286 e. The Morgan fingerprint density at radius 3 is 1.03 bits per heavy atom. The van der Waals surface area contributed by atoms with Crippen molar-refractivity contribution < 1.29 is 0 Å². The zero-order valence-electron chi connectivity index (χ0n) is 38.8. The standard InChI is InChI=1S/C19H20ClN5.C19H19N7.C18H15P/c20-24-12-16-7-8-19(23-11-16)15-25(13-17-5-1-3-9-21-17)14-18-6-2-4-10-22-18;20-25-24-12-16-7-8-19(23-11-16)15-26(13-17-5-1-3-9-21-17)14-18-6-2-4-10-22-18;1-4-10-16(11-5-1)19(17-12-6-2-7-13-17)18-14-8-3-9-15-18/h1-11,24H,12-15H2;1-11H,12-15H2;1-15H. The van der Waals surface area contributed by atoms with Gasteiger partial charge in [0.2, 0.25) is 0 Å². The third-order valence-electron chi connectivity index (χ3n) is 10.6. The number of pyridine rings is 6. The molecule has 350 valence electrons. The van der Waals surface area contributed by atoms with Crippen LogP contribution in [-0.2, 0) is 52.4 Å². The molecule has 14 heteroatoms. The highest BCUT2D eigenvalue weighted by molar-refractivity contribution is 7.79. The Hall–Kier alpha value is -7.53. The first-order chi connectivity index (χ1) is 34.6. The van der Waals surface area contributed by atoms with Gasteiger partial charge in [0.15, 0.2) is 0 Å². The first-order valence-corrected chi connectivity index (χ1v) is 24.6. The van der Waals surface area contributed by atoms with Crippen LogP contribution in [0.3, 0.4) is 0 Å². The average molecular weight is 962 g/mol. The average Bonchev–Trinajstić information content (AvgIpc) is 3.42. The predicted molar refractivity (Wildman–Crippen MR) is 282 cm³/mol. The molecule has 12 nitrogen and oxygen atoms in total. The summed E-state index contributed by atoms with van der Waals surface area (Å²) < 4.78 is 0. The molecule has 0 unspecified atom stereocenters. The molecule has 0 saturated heterocycles. The Kier molecular flexibility index (Phi) is 20.7. The summed E-state index contributed by atoms with van der Waals surface area (Å²) in [4.78, 5) is 36.7. The summed E-state index contributed by atoms with van der Waals surface area (Å²) in [6.07, 6.45) is 10.9. The van der Waals surface area contributed by atoms with Crippen LogP contribution in [0.1, 0.15) is 45.3 Å². The summed E-state index contributed by atoms with van der Waals surface area (Å²) in [6, 6.07) is 64.1. The second kappa shape index (κ2) is 28.7. The highest BCUT2D eigenvalue weighted by atomic mass is 35.5. The van der Waals surface area contributed by atoms with E-state index in [-0.39, 0.29) is 0 Å². The zero-order valence-corrected chi connectivity index (χ0v) is 40.4. The van der Waals surface area contributed by atoms with E-state index in [0.29, 0.717) is 32.7 Å². The third-order valence-corrected chi connectivity index (χ3v) is 13.2. The maximum atomic E-state index is 8.40. The molecule has 70 heavy (non-hydrogen) atoms. The van der Waals surface area contributed by atoms with E-state index in [1.54, 1.807) is 18.6 Å². The van der Waals surface area contributed by atoms with Gasteiger partial charge in [0, 0.05) is 87.9 Å². The Morgan fingerprint density at radius 2 is 0.743 bits per heavy atom. The smallest absolute Gasteiger partial charge is 0.0544 e. The number of aromatic nitrogens is 6. The monoisotopic (exact) mass is 960 g/mol. The molecule has 0 saturated carbocycles. The molecule has 0 radical (unpaired) electrons. The van der Waals surface area contributed by atoms with E-state index >= 15 is 0 Å². The molecule has 0 spiro atoms. The number of rotatable bonds is 19. The Balaban J connectivity index is 0.000000157. The number of azide groups is 1. The molecule has 6 heterocycles. The van der Waals surface area contributed by atoms with Crippen LogP contribution in [0.15, 0.2) is 230 Å². The first-order valence-electron chi connectivity index (χ1n) is 22.8. The lowest BCUT2D eigenvalue weighted by Crippen LogP contribution is -2.24. The van der Waals surface area contributed by atoms with E-state index in [9.17, 15) is 0 Å². The van der Waals surface area contributed by atoms with Crippen molar-refractivity contribution in [3.05, 3.63) is 281 Å². The summed E-state index contributed by atoms with van der Waals surface area (Å²) in [6.45, 7) is 5.21. The van der Waals surface area contributed by atoms with Gasteiger partial charge in [-0.05, 0) is 113 Å². The minimum atomic E-state index is -0.446. The van der Waals surface area contributed by atoms with Crippen molar-refractivity contribution in [1.29, 1.82) is 0 Å². The fraction of sp³-hybridized carbons (Fsp3) is 0.143. The van der Waals surface area contributed by atoms with Gasteiger partial charge in [-0.25, -0.2) is 4.84 Å². The van der Waals surface area contributed by atoms with Gasteiger partial charge in [-0.1, -0.05) is 133 Å². The van der Waals surface area contributed by atoms with E-state index in [1.165, 1.54) is 15.9 Å². The summed E-state index contributed by atoms with van der Waals surface area (Å²) in [5.74, 6) is 0. The van der Waals surface area contributed by atoms with Crippen LogP contribution in [0.2, 0.25) is 0 Å².